The average Bonchev–Trinajstić information content (AvgIpc) is 2.52. The fraction of sp³-hybridized carbons (Fsp3) is 0.375. The molecule has 0 radical (unpaired) electrons. The van der Waals surface area contributed by atoms with Gasteiger partial charge < -0.3 is 10.2 Å². The Morgan fingerprint density at radius 1 is 1.33 bits per heavy atom. The van der Waals surface area contributed by atoms with Gasteiger partial charge in [0.05, 0.1) is 0 Å². The summed E-state index contributed by atoms with van der Waals surface area (Å²) in [6.45, 7) is 1.24. The smallest absolute Gasteiger partial charge is 0.246 e. The van der Waals surface area contributed by atoms with Crippen LogP contribution in [0, 0.1) is 5.92 Å². The second-order valence-electron chi connectivity index (χ2n) is 5.10. The number of likely N-dealkylation sites (tertiary alicyclic amines) is 1. The van der Waals surface area contributed by atoms with E-state index in [-0.39, 0.29) is 17.7 Å². The molecule has 1 heterocycles. The van der Waals surface area contributed by atoms with Gasteiger partial charge in [-0.15, -0.1) is 0 Å². The van der Waals surface area contributed by atoms with E-state index in [9.17, 15) is 9.59 Å². The third kappa shape index (κ3) is 4.33. The van der Waals surface area contributed by atoms with Gasteiger partial charge in [-0.2, -0.15) is 0 Å². The van der Waals surface area contributed by atoms with Crippen molar-refractivity contribution in [1.29, 1.82) is 0 Å². The number of amides is 2. The van der Waals surface area contributed by atoms with Crippen LogP contribution in [-0.2, 0) is 9.59 Å². The molecule has 4 nitrogen and oxygen atoms in total. The predicted molar refractivity (Wildman–Crippen MR) is 83.9 cm³/mol. The summed E-state index contributed by atoms with van der Waals surface area (Å²) in [6, 6.07) is 7.35. The van der Waals surface area contributed by atoms with Crippen LogP contribution in [-0.4, -0.2) is 36.9 Å². The number of nitrogens with zero attached hydrogens (tertiary/aromatic N) is 1. The Hall–Kier alpha value is -1.81. The minimum atomic E-state index is -0.0228. The lowest BCUT2D eigenvalue weighted by Gasteiger charge is -2.30. The van der Waals surface area contributed by atoms with E-state index in [1.165, 1.54) is 0 Å². The van der Waals surface area contributed by atoms with E-state index >= 15 is 0 Å². The summed E-state index contributed by atoms with van der Waals surface area (Å²) in [7, 11) is 1.65. The van der Waals surface area contributed by atoms with Crippen molar-refractivity contribution in [3.8, 4) is 0 Å². The van der Waals surface area contributed by atoms with Crippen LogP contribution in [0.2, 0.25) is 5.02 Å². The van der Waals surface area contributed by atoms with Gasteiger partial charge in [0.2, 0.25) is 11.8 Å². The van der Waals surface area contributed by atoms with Gasteiger partial charge in [-0.3, -0.25) is 9.59 Å². The van der Waals surface area contributed by atoms with Crippen molar-refractivity contribution in [3.05, 3.63) is 40.9 Å². The van der Waals surface area contributed by atoms with E-state index in [1.54, 1.807) is 30.2 Å². The largest absolute Gasteiger partial charge is 0.359 e. The van der Waals surface area contributed by atoms with Crippen molar-refractivity contribution in [1.82, 2.24) is 10.2 Å². The third-order valence-electron chi connectivity index (χ3n) is 3.69. The first-order valence-electron chi connectivity index (χ1n) is 7.04. The maximum atomic E-state index is 12.1. The number of hydrogen-bond acceptors (Lipinski definition) is 2. The number of halogens is 1. The molecule has 112 valence electrons. The molecule has 0 unspecified atom stereocenters. The molecule has 0 aromatic heterocycles. The Kier molecular flexibility index (Phi) is 5.39. The van der Waals surface area contributed by atoms with Crippen molar-refractivity contribution in [2.45, 2.75) is 12.8 Å². The molecule has 1 aliphatic rings. The number of rotatable bonds is 3. The molecular formula is C16H19ClN2O2. The Morgan fingerprint density at radius 3 is 2.67 bits per heavy atom. The molecule has 2 rings (SSSR count). The van der Waals surface area contributed by atoms with Crippen LogP contribution < -0.4 is 5.32 Å². The number of piperidine rings is 1. The molecule has 21 heavy (non-hydrogen) atoms. The lowest BCUT2D eigenvalue weighted by atomic mass is 9.96. The maximum Gasteiger partial charge on any atom is 0.246 e. The fourth-order valence-corrected chi connectivity index (χ4v) is 2.65. The van der Waals surface area contributed by atoms with Gasteiger partial charge >= 0.3 is 0 Å². The number of nitrogens with one attached hydrogen (secondary N) is 1. The van der Waals surface area contributed by atoms with Crippen LogP contribution in [0.5, 0.6) is 0 Å². The van der Waals surface area contributed by atoms with E-state index in [0.717, 1.165) is 18.4 Å². The van der Waals surface area contributed by atoms with Crippen molar-refractivity contribution in [2.24, 2.45) is 5.92 Å². The van der Waals surface area contributed by atoms with Crippen LogP contribution in [0.4, 0.5) is 0 Å². The zero-order valence-corrected chi connectivity index (χ0v) is 12.8. The molecular weight excluding hydrogens is 288 g/mol. The van der Waals surface area contributed by atoms with Gasteiger partial charge in [0.25, 0.3) is 0 Å². The van der Waals surface area contributed by atoms with Crippen molar-refractivity contribution in [2.75, 3.05) is 20.1 Å². The molecule has 1 saturated heterocycles. The molecule has 0 spiro atoms. The number of carbonyl (C=O) groups is 2. The molecule has 0 aliphatic carbocycles. The summed E-state index contributed by atoms with van der Waals surface area (Å²) in [5.74, 6) is 0.0675. The first kappa shape index (κ1) is 15.6. The normalized spacial score (nSPS) is 16.2. The summed E-state index contributed by atoms with van der Waals surface area (Å²) in [5, 5.41) is 3.31. The fourth-order valence-electron chi connectivity index (χ4n) is 2.45. The van der Waals surface area contributed by atoms with Crippen LogP contribution in [0.25, 0.3) is 6.08 Å². The monoisotopic (exact) mass is 306 g/mol. The van der Waals surface area contributed by atoms with Crippen molar-refractivity contribution >= 4 is 29.5 Å². The predicted octanol–water partition coefficient (Wildman–Crippen LogP) is 2.34. The van der Waals surface area contributed by atoms with Gasteiger partial charge in [0.1, 0.15) is 0 Å². The zero-order chi connectivity index (χ0) is 15.2. The molecule has 1 N–H and O–H groups in total. The molecule has 0 atom stereocenters. The van der Waals surface area contributed by atoms with Crippen LogP contribution in [0.3, 0.4) is 0 Å². The highest BCUT2D eigenvalue weighted by molar-refractivity contribution is 6.30. The number of hydrogen-bond donors (Lipinski definition) is 1. The minimum Gasteiger partial charge on any atom is -0.359 e. The van der Waals surface area contributed by atoms with Gasteiger partial charge in [-0.1, -0.05) is 23.7 Å². The minimum absolute atomic E-state index is 0.0228. The molecule has 1 fully saturated rings. The highest BCUT2D eigenvalue weighted by Gasteiger charge is 2.25. The Labute approximate surface area is 129 Å². The van der Waals surface area contributed by atoms with E-state index in [0.29, 0.717) is 18.1 Å². The molecule has 0 bridgehead atoms. The highest BCUT2D eigenvalue weighted by atomic mass is 35.5. The van der Waals surface area contributed by atoms with Crippen LogP contribution in [0.1, 0.15) is 18.4 Å². The Balaban J connectivity index is 1.89. The highest BCUT2D eigenvalue weighted by Crippen LogP contribution is 2.18. The topological polar surface area (TPSA) is 49.4 Å². The summed E-state index contributed by atoms with van der Waals surface area (Å²) in [6.07, 6.45) is 4.76. The summed E-state index contributed by atoms with van der Waals surface area (Å²) < 4.78 is 0. The first-order chi connectivity index (χ1) is 10.1. The quantitative estimate of drug-likeness (QED) is 0.871. The first-order valence-corrected chi connectivity index (χ1v) is 7.42. The molecule has 2 amide bonds. The average molecular weight is 307 g/mol. The molecule has 1 aromatic carbocycles. The van der Waals surface area contributed by atoms with Crippen molar-refractivity contribution < 1.29 is 9.59 Å². The molecule has 1 aliphatic heterocycles. The Morgan fingerprint density at radius 2 is 2.05 bits per heavy atom. The lowest BCUT2D eigenvalue weighted by molar-refractivity contribution is -0.131. The van der Waals surface area contributed by atoms with E-state index in [1.807, 2.05) is 18.2 Å². The Bertz CT molecular complexity index is 549. The van der Waals surface area contributed by atoms with E-state index in [2.05, 4.69) is 5.32 Å². The van der Waals surface area contributed by atoms with Crippen molar-refractivity contribution in [3.63, 3.8) is 0 Å². The van der Waals surface area contributed by atoms with Crippen LogP contribution >= 0.6 is 11.6 Å². The second kappa shape index (κ2) is 7.27. The van der Waals surface area contributed by atoms with E-state index < -0.39 is 0 Å². The SMILES string of the molecule is CNC(=O)C1CCN(C(=O)C=Cc2cccc(Cl)c2)CC1. The number of benzene rings is 1. The van der Waals surface area contributed by atoms with Gasteiger partial charge in [-0.05, 0) is 36.6 Å². The molecule has 1 aromatic rings. The number of carbonyl (C=O) groups excluding carboxylic acids is 2. The molecule has 5 heteroatoms. The molecule has 0 saturated carbocycles. The van der Waals surface area contributed by atoms with Gasteiger partial charge in [0, 0.05) is 37.2 Å². The van der Waals surface area contributed by atoms with Crippen LogP contribution in [0.15, 0.2) is 30.3 Å². The standard InChI is InChI=1S/C16H19ClN2O2/c1-18-16(21)13-7-9-19(10-8-13)15(20)6-5-12-3-2-4-14(17)11-12/h2-6,11,13H,7-10H2,1H3,(H,18,21). The summed E-state index contributed by atoms with van der Waals surface area (Å²) in [4.78, 5) is 25.4. The third-order valence-corrected chi connectivity index (χ3v) is 3.93. The lowest BCUT2D eigenvalue weighted by Crippen LogP contribution is -2.41. The van der Waals surface area contributed by atoms with E-state index in [4.69, 9.17) is 11.6 Å². The summed E-state index contributed by atoms with van der Waals surface area (Å²) in [5.41, 5.74) is 0.899. The maximum absolute atomic E-state index is 12.1. The second-order valence-corrected chi connectivity index (χ2v) is 5.54. The zero-order valence-electron chi connectivity index (χ0n) is 12.0. The summed E-state index contributed by atoms with van der Waals surface area (Å²) >= 11 is 5.90. The van der Waals surface area contributed by atoms with Gasteiger partial charge in [-0.25, -0.2) is 0 Å². The van der Waals surface area contributed by atoms with Gasteiger partial charge in [0.15, 0.2) is 0 Å².